The first kappa shape index (κ1) is 16.4. The lowest BCUT2D eigenvalue weighted by atomic mass is 9.91. The third-order valence-electron chi connectivity index (χ3n) is 4.15. The maximum absolute atomic E-state index is 12.0. The maximum atomic E-state index is 12.0. The number of nitrogens with one attached hydrogen (secondary N) is 1. The number of esters is 1. The van der Waals surface area contributed by atoms with E-state index in [0.717, 1.165) is 32.1 Å². The van der Waals surface area contributed by atoms with Gasteiger partial charge in [0.1, 0.15) is 5.54 Å². The molecule has 0 amide bonds. The lowest BCUT2D eigenvalue weighted by molar-refractivity contribution is -0.148. The molecule has 0 radical (unpaired) electrons. The number of carbonyl (C=O) groups excluding carboxylic acids is 1. The molecule has 0 bridgehead atoms. The van der Waals surface area contributed by atoms with Crippen molar-refractivity contribution < 1.29 is 9.53 Å². The summed E-state index contributed by atoms with van der Waals surface area (Å²) in [6.45, 7) is 9.94. The number of hydrogen-bond donors (Lipinski definition) is 1. The number of nitrogens with zero attached hydrogens (tertiary/aromatic N) is 1. The van der Waals surface area contributed by atoms with Gasteiger partial charge in [0, 0.05) is 6.54 Å². The average molecular weight is 270 g/mol. The number of piperidine rings is 1. The zero-order valence-electron chi connectivity index (χ0n) is 13.0. The minimum absolute atomic E-state index is 0.162. The van der Waals surface area contributed by atoms with Crippen molar-refractivity contribution in [1.29, 1.82) is 0 Å². The van der Waals surface area contributed by atoms with Gasteiger partial charge in [0.05, 0.1) is 7.11 Å². The summed E-state index contributed by atoms with van der Waals surface area (Å²) in [5, 5.41) is 3.28. The quantitative estimate of drug-likeness (QED) is 0.719. The first-order valence-electron chi connectivity index (χ1n) is 7.61. The molecule has 1 saturated heterocycles. The normalized spacial score (nSPS) is 21.1. The monoisotopic (exact) mass is 270 g/mol. The van der Waals surface area contributed by atoms with E-state index in [1.807, 2.05) is 13.8 Å². The summed E-state index contributed by atoms with van der Waals surface area (Å²) in [6.07, 6.45) is 5.14. The molecule has 1 fully saturated rings. The number of carbonyl (C=O) groups is 1. The van der Waals surface area contributed by atoms with Gasteiger partial charge in [-0.25, -0.2) is 0 Å². The van der Waals surface area contributed by atoms with Crippen molar-refractivity contribution in [1.82, 2.24) is 10.2 Å². The van der Waals surface area contributed by atoms with Gasteiger partial charge in [-0.1, -0.05) is 26.7 Å². The van der Waals surface area contributed by atoms with Crippen LogP contribution in [0, 0.1) is 5.92 Å². The van der Waals surface area contributed by atoms with Crippen LogP contribution in [0.5, 0.6) is 0 Å². The maximum Gasteiger partial charge on any atom is 0.327 e. The van der Waals surface area contributed by atoms with E-state index in [0.29, 0.717) is 0 Å². The molecule has 4 nitrogen and oxygen atoms in total. The van der Waals surface area contributed by atoms with Crippen molar-refractivity contribution in [2.24, 2.45) is 5.92 Å². The van der Waals surface area contributed by atoms with Crippen molar-refractivity contribution in [3.63, 3.8) is 0 Å². The van der Waals surface area contributed by atoms with Crippen LogP contribution in [-0.4, -0.2) is 49.7 Å². The van der Waals surface area contributed by atoms with Crippen molar-refractivity contribution in [3.8, 4) is 0 Å². The fourth-order valence-corrected chi connectivity index (χ4v) is 3.10. The van der Waals surface area contributed by atoms with E-state index in [1.54, 1.807) is 0 Å². The SMILES string of the molecule is CCCC1CCN(CC(C)(NCC)C(=O)OC)CC1. The molecule has 0 spiro atoms. The Hall–Kier alpha value is -0.610. The molecule has 1 aliphatic rings. The molecule has 0 saturated carbocycles. The average Bonchev–Trinajstić information content (AvgIpc) is 2.40. The van der Waals surface area contributed by atoms with E-state index in [-0.39, 0.29) is 5.97 Å². The molecular formula is C15H30N2O2. The first-order chi connectivity index (χ1) is 9.05. The van der Waals surface area contributed by atoms with Gasteiger partial charge < -0.3 is 15.0 Å². The Balaban J connectivity index is 2.50. The van der Waals surface area contributed by atoms with Gasteiger partial charge in [-0.2, -0.15) is 0 Å². The standard InChI is InChI=1S/C15H30N2O2/c1-5-7-13-8-10-17(11-9-13)12-15(3,16-6-2)14(18)19-4/h13,16H,5-12H2,1-4H3. The Labute approximate surface area is 117 Å². The molecule has 1 atom stereocenters. The number of likely N-dealkylation sites (tertiary alicyclic amines) is 1. The van der Waals surface area contributed by atoms with Crippen LogP contribution in [0.15, 0.2) is 0 Å². The molecule has 0 aromatic heterocycles. The second kappa shape index (κ2) is 7.85. The number of likely N-dealkylation sites (N-methyl/N-ethyl adjacent to an activating group) is 1. The van der Waals surface area contributed by atoms with E-state index in [1.165, 1.54) is 32.8 Å². The summed E-state index contributed by atoms with van der Waals surface area (Å²) >= 11 is 0. The zero-order valence-corrected chi connectivity index (χ0v) is 13.0. The molecule has 0 aromatic rings. The van der Waals surface area contributed by atoms with Gasteiger partial charge in [-0.15, -0.1) is 0 Å². The Bertz CT molecular complexity index is 275. The van der Waals surface area contributed by atoms with E-state index < -0.39 is 5.54 Å². The first-order valence-corrected chi connectivity index (χ1v) is 7.61. The summed E-state index contributed by atoms with van der Waals surface area (Å²) in [5.74, 6) is 0.717. The Kier molecular flexibility index (Phi) is 6.80. The smallest absolute Gasteiger partial charge is 0.327 e. The van der Waals surface area contributed by atoms with E-state index >= 15 is 0 Å². The number of hydrogen-bond acceptors (Lipinski definition) is 4. The van der Waals surface area contributed by atoms with Crippen LogP contribution in [0.3, 0.4) is 0 Å². The highest BCUT2D eigenvalue weighted by molar-refractivity contribution is 5.80. The van der Waals surface area contributed by atoms with Crippen LogP contribution in [-0.2, 0) is 9.53 Å². The van der Waals surface area contributed by atoms with Gasteiger partial charge in [0.25, 0.3) is 0 Å². The molecule has 1 aliphatic heterocycles. The summed E-state index contributed by atoms with van der Waals surface area (Å²) in [7, 11) is 1.46. The number of rotatable bonds is 7. The van der Waals surface area contributed by atoms with Crippen LogP contribution in [0.4, 0.5) is 0 Å². The summed E-state index contributed by atoms with van der Waals surface area (Å²) in [6, 6.07) is 0. The Morgan fingerprint density at radius 2 is 2.00 bits per heavy atom. The van der Waals surface area contributed by atoms with E-state index in [2.05, 4.69) is 17.1 Å². The van der Waals surface area contributed by atoms with Crippen molar-refractivity contribution in [3.05, 3.63) is 0 Å². The molecule has 0 aromatic carbocycles. The fraction of sp³-hybridized carbons (Fsp3) is 0.933. The molecule has 1 unspecified atom stereocenters. The van der Waals surface area contributed by atoms with Crippen LogP contribution in [0.1, 0.15) is 46.5 Å². The van der Waals surface area contributed by atoms with Gasteiger partial charge in [-0.05, 0) is 45.3 Å². The van der Waals surface area contributed by atoms with E-state index in [9.17, 15) is 4.79 Å². The lowest BCUT2D eigenvalue weighted by Crippen LogP contribution is -2.58. The number of ether oxygens (including phenoxy) is 1. The molecule has 112 valence electrons. The molecule has 0 aliphatic carbocycles. The summed E-state index contributed by atoms with van der Waals surface area (Å²) < 4.78 is 4.94. The Morgan fingerprint density at radius 1 is 1.37 bits per heavy atom. The van der Waals surface area contributed by atoms with Gasteiger partial charge in [-0.3, -0.25) is 4.79 Å². The summed E-state index contributed by atoms with van der Waals surface area (Å²) in [4.78, 5) is 14.3. The topological polar surface area (TPSA) is 41.6 Å². The van der Waals surface area contributed by atoms with Crippen molar-refractivity contribution in [2.45, 2.75) is 52.0 Å². The third kappa shape index (κ3) is 4.77. The minimum Gasteiger partial charge on any atom is -0.468 e. The van der Waals surface area contributed by atoms with Gasteiger partial charge in [0.15, 0.2) is 0 Å². The molecule has 1 N–H and O–H groups in total. The second-order valence-corrected chi connectivity index (χ2v) is 5.86. The molecular weight excluding hydrogens is 240 g/mol. The van der Waals surface area contributed by atoms with Crippen molar-refractivity contribution in [2.75, 3.05) is 33.3 Å². The van der Waals surface area contributed by atoms with Crippen LogP contribution in [0.2, 0.25) is 0 Å². The molecule has 4 heteroatoms. The second-order valence-electron chi connectivity index (χ2n) is 5.86. The molecule has 19 heavy (non-hydrogen) atoms. The Morgan fingerprint density at radius 3 is 2.47 bits per heavy atom. The predicted octanol–water partition coefficient (Wildman–Crippen LogP) is 2.04. The number of methoxy groups -OCH3 is 1. The zero-order chi connectivity index (χ0) is 14.3. The summed E-state index contributed by atoms with van der Waals surface area (Å²) in [5.41, 5.74) is -0.582. The van der Waals surface area contributed by atoms with Crippen LogP contribution >= 0.6 is 0 Å². The minimum atomic E-state index is -0.582. The highest BCUT2D eigenvalue weighted by Crippen LogP contribution is 2.23. The molecule has 1 rings (SSSR count). The van der Waals surface area contributed by atoms with Crippen LogP contribution in [0.25, 0.3) is 0 Å². The highest BCUT2D eigenvalue weighted by Gasteiger charge is 2.36. The third-order valence-corrected chi connectivity index (χ3v) is 4.15. The van der Waals surface area contributed by atoms with E-state index in [4.69, 9.17) is 4.74 Å². The van der Waals surface area contributed by atoms with Gasteiger partial charge >= 0.3 is 5.97 Å². The predicted molar refractivity (Wildman–Crippen MR) is 78.2 cm³/mol. The van der Waals surface area contributed by atoms with Gasteiger partial charge in [0.2, 0.25) is 0 Å². The van der Waals surface area contributed by atoms with Crippen molar-refractivity contribution >= 4 is 5.97 Å². The lowest BCUT2D eigenvalue weighted by Gasteiger charge is -2.38. The van der Waals surface area contributed by atoms with Crippen LogP contribution < -0.4 is 5.32 Å². The largest absolute Gasteiger partial charge is 0.468 e. The highest BCUT2D eigenvalue weighted by atomic mass is 16.5. The molecule has 1 heterocycles. The fourth-order valence-electron chi connectivity index (χ4n) is 3.10.